The zero-order valence-electron chi connectivity index (χ0n) is 15.8. The van der Waals surface area contributed by atoms with Gasteiger partial charge in [-0.25, -0.2) is 4.99 Å². The summed E-state index contributed by atoms with van der Waals surface area (Å²) in [5.41, 5.74) is 7.37. The van der Waals surface area contributed by atoms with Crippen LogP contribution in [0.1, 0.15) is 39.3 Å². The third kappa shape index (κ3) is 5.62. The Balaban J connectivity index is 2.21. The molecule has 5 heteroatoms. The van der Waals surface area contributed by atoms with Crippen LogP contribution in [0.5, 0.6) is 0 Å². The SMILES string of the molecule is C=C(N)/N=C\C(OCc1nccc2ccccc12)=C(/C)N[C@@H](C)CCC. The normalized spacial score (nSPS) is 13.5. The first-order chi connectivity index (χ1) is 12.5. The summed E-state index contributed by atoms with van der Waals surface area (Å²) in [6.07, 6.45) is 5.60. The Hall–Kier alpha value is -2.82. The number of aromatic nitrogens is 1. The first-order valence-corrected chi connectivity index (χ1v) is 8.92. The van der Waals surface area contributed by atoms with Gasteiger partial charge in [0.2, 0.25) is 0 Å². The molecule has 3 N–H and O–H groups in total. The van der Waals surface area contributed by atoms with Crippen molar-refractivity contribution >= 4 is 17.0 Å². The van der Waals surface area contributed by atoms with Crippen molar-refractivity contribution in [2.45, 2.75) is 46.3 Å². The Morgan fingerprint density at radius 1 is 1.38 bits per heavy atom. The predicted octanol–water partition coefficient (Wildman–Crippen LogP) is 4.26. The maximum absolute atomic E-state index is 6.04. The molecule has 138 valence electrons. The van der Waals surface area contributed by atoms with Crippen molar-refractivity contribution in [3.8, 4) is 0 Å². The average molecular weight is 352 g/mol. The fraction of sp³-hybridized carbons (Fsp3) is 0.333. The van der Waals surface area contributed by atoms with Crippen molar-refractivity contribution in [1.82, 2.24) is 10.3 Å². The number of hydrogen-bond donors (Lipinski definition) is 2. The number of allylic oxidation sites excluding steroid dienone is 2. The molecule has 0 spiro atoms. The van der Waals surface area contributed by atoms with Crippen molar-refractivity contribution < 1.29 is 4.74 Å². The number of fused-ring (bicyclic) bond motifs is 1. The fourth-order valence-electron chi connectivity index (χ4n) is 2.77. The highest BCUT2D eigenvalue weighted by Crippen LogP contribution is 2.18. The summed E-state index contributed by atoms with van der Waals surface area (Å²) in [4.78, 5) is 8.56. The molecule has 0 unspecified atom stereocenters. The van der Waals surface area contributed by atoms with Crippen LogP contribution in [0.4, 0.5) is 0 Å². The maximum atomic E-state index is 6.04. The van der Waals surface area contributed by atoms with Gasteiger partial charge in [0.05, 0.1) is 17.6 Å². The minimum Gasteiger partial charge on any atom is -0.484 e. The zero-order valence-corrected chi connectivity index (χ0v) is 15.8. The molecule has 1 atom stereocenters. The van der Waals surface area contributed by atoms with E-state index in [-0.39, 0.29) is 5.82 Å². The van der Waals surface area contributed by atoms with Gasteiger partial charge in [-0.05, 0) is 31.7 Å². The Morgan fingerprint density at radius 3 is 2.88 bits per heavy atom. The van der Waals surface area contributed by atoms with E-state index in [1.165, 1.54) is 0 Å². The van der Waals surface area contributed by atoms with Crippen LogP contribution in [0.2, 0.25) is 0 Å². The molecule has 0 saturated heterocycles. The monoisotopic (exact) mass is 352 g/mol. The van der Waals surface area contributed by atoms with Gasteiger partial charge in [-0.3, -0.25) is 4.98 Å². The lowest BCUT2D eigenvalue weighted by atomic mass is 10.1. The van der Waals surface area contributed by atoms with Gasteiger partial charge < -0.3 is 15.8 Å². The molecule has 2 rings (SSSR count). The molecule has 2 aromatic rings. The molecule has 1 aromatic carbocycles. The third-order valence-electron chi connectivity index (χ3n) is 4.02. The molecule has 0 fully saturated rings. The predicted molar refractivity (Wildman–Crippen MR) is 109 cm³/mol. The van der Waals surface area contributed by atoms with E-state index in [9.17, 15) is 0 Å². The van der Waals surface area contributed by atoms with Crippen molar-refractivity contribution in [3.63, 3.8) is 0 Å². The quantitative estimate of drug-likeness (QED) is 0.522. The summed E-state index contributed by atoms with van der Waals surface area (Å²) >= 11 is 0. The van der Waals surface area contributed by atoms with E-state index >= 15 is 0 Å². The number of ether oxygens (including phenoxy) is 1. The first-order valence-electron chi connectivity index (χ1n) is 8.92. The van der Waals surface area contributed by atoms with Crippen molar-refractivity contribution in [2.24, 2.45) is 10.7 Å². The van der Waals surface area contributed by atoms with Gasteiger partial charge in [-0.1, -0.05) is 44.2 Å². The van der Waals surface area contributed by atoms with Gasteiger partial charge >= 0.3 is 0 Å². The number of benzene rings is 1. The van der Waals surface area contributed by atoms with Gasteiger partial charge in [-0.15, -0.1) is 0 Å². The van der Waals surface area contributed by atoms with Crippen LogP contribution < -0.4 is 11.1 Å². The summed E-state index contributed by atoms with van der Waals surface area (Å²) in [6, 6.07) is 10.5. The van der Waals surface area contributed by atoms with Gasteiger partial charge in [0, 0.05) is 17.6 Å². The second-order valence-corrected chi connectivity index (χ2v) is 6.34. The van der Waals surface area contributed by atoms with Gasteiger partial charge in [0.25, 0.3) is 0 Å². The highest BCUT2D eigenvalue weighted by Gasteiger charge is 2.08. The standard InChI is InChI=1S/C21H28N4O/c1-5-8-15(2)25-16(3)21(13-24-17(4)22)26-14-20-19-10-7-6-9-18(19)11-12-23-20/h6-7,9-13,15,25H,4-5,8,14,22H2,1-3H3/b21-16-,24-13-/t15-/m0/s1. The summed E-state index contributed by atoms with van der Waals surface area (Å²) in [5, 5.41) is 5.67. The van der Waals surface area contributed by atoms with Crippen LogP contribution in [0.15, 0.2) is 65.4 Å². The molecule has 0 radical (unpaired) electrons. The van der Waals surface area contributed by atoms with E-state index in [1.54, 1.807) is 12.4 Å². The van der Waals surface area contributed by atoms with Crippen LogP contribution in [0, 0.1) is 0 Å². The number of pyridine rings is 1. The van der Waals surface area contributed by atoms with Gasteiger partial charge in [0.15, 0.2) is 5.76 Å². The fourth-order valence-corrected chi connectivity index (χ4v) is 2.77. The second kappa shape index (κ2) is 9.61. The largest absolute Gasteiger partial charge is 0.484 e. The number of nitrogens with zero attached hydrogens (tertiary/aromatic N) is 2. The van der Waals surface area contributed by atoms with Crippen LogP contribution in [-0.4, -0.2) is 17.2 Å². The molecule has 0 aliphatic carbocycles. The molecule has 1 aromatic heterocycles. The van der Waals surface area contributed by atoms with Gasteiger partial charge in [0.1, 0.15) is 12.4 Å². The summed E-state index contributed by atoms with van der Waals surface area (Å²) < 4.78 is 6.04. The highest BCUT2D eigenvalue weighted by molar-refractivity contribution is 5.84. The third-order valence-corrected chi connectivity index (χ3v) is 4.02. The van der Waals surface area contributed by atoms with Crippen LogP contribution in [0.25, 0.3) is 10.8 Å². The number of rotatable bonds is 9. The smallest absolute Gasteiger partial charge is 0.156 e. The number of nitrogens with two attached hydrogens (primary N) is 1. The van der Waals surface area contributed by atoms with E-state index in [0.29, 0.717) is 18.4 Å². The van der Waals surface area contributed by atoms with E-state index in [0.717, 1.165) is 35.0 Å². The molecule has 1 heterocycles. The maximum Gasteiger partial charge on any atom is 0.156 e. The minimum atomic E-state index is 0.240. The number of nitrogens with one attached hydrogen (secondary N) is 1. The van der Waals surface area contributed by atoms with Crippen molar-refractivity contribution in [2.75, 3.05) is 0 Å². The van der Waals surface area contributed by atoms with E-state index in [2.05, 4.69) is 47.9 Å². The summed E-state index contributed by atoms with van der Waals surface area (Å²) in [5.74, 6) is 0.873. The minimum absolute atomic E-state index is 0.240. The summed E-state index contributed by atoms with van der Waals surface area (Å²) in [7, 11) is 0. The Morgan fingerprint density at radius 2 is 2.15 bits per heavy atom. The number of aliphatic imine (C=N–C) groups is 1. The Kier molecular flexibility index (Phi) is 7.21. The molecule has 5 nitrogen and oxygen atoms in total. The average Bonchev–Trinajstić information content (AvgIpc) is 2.61. The van der Waals surface area contributed by atoms with Crippen LogP contribution >= 0.6 is 0 Å². The zero-order chi connectivity index (χ0) is 18.9. The van der Waals surface area contributed by atoms with Gasteiger partial charge in [-0.2, -0.15) is 0 Å². The molecular formula is C21H28N4O. The molecular weight excluding hydrogens is 324 g/mol. The molecule has 0 aliphatic rings. The lowest BCUT2D eigenvalue weighted by Crippen LogP contribution is -2.25. The second-order valence-electron chi connectivity index (χ2n) is 6.34. The highest BCUT2D eigenvalue weighted by atomic mass is 16.5. The lowest BCUT2D eigenvalue weighted by Gasteiger charge is -2.17. The molecule has 0 aliphatic heterocycles. The van der Waals surface area contributed by atoms with Crippen molar-refractivity contribution in [1.29, 1.82) is 0 Å². The summed E-state index contributed by atoms with van der Waals surface area (Å²) in [6.45, 7) is 10.2. The van der Waals surface area contributed by atoms with Crippen molar-refractivity contribution in [3.05, 3.63) is 66.1 Å². The van der Waals surface area contributed by atoms with E-state index in [4.69, 9.17) is 10.5 Å². The molecule has 0 bridgehead atoms. The lowest BCUT2D eigenvalue weighted by molar-refractivity contribution is 0.211. The van der Waals surface area contributed by atoms with Crippen LogP contribution in [-0.2, 0) is 11.3 Å². The molecule has 26 heavy (non-hydrogen) atoms. The first kappa shape index (κ1) is 19.5. The van der Waals surface area contributed by atoms with E-state index in [1.807, 2.05) is 25.1 Å². The van der Waals surface area contributed by atoms with E-state index < -0.39 is 0 Å². The molecule has 0 saturated carbocycles. The Labute approximate surface area is 155 Å². The number of hydrogen-bond acceptors (Lipinski definition) is 5. The van der Waals surface area contributed by atoms with Crippen LogP contribution in [0.3, 0.4) is 0 Å². The molecule has 0 amide bonds. The topological polar surface area (TPSA) is 72.5 Å². The Bertz CT molecular complexity index is 805.